The van der Waals surface area contributed by atoms with Gasteiger partial charge in [-0.2, -0.15) is 4.31 Å². The van der Waals surface area contributed by atoms with Crippen LogP contribution in [0.1, 0.15) is 71.2 Å². The number of rotatable bonds is 9. The van der Waals surface area contributed by atoms with E-state index < -0.39 is 10.0 Å². The normalized spacial score (nSPS) is 16.7. The number of sulfonamides is 1. The van der Waals surface area contributed by atoms with Gasteiger partial charge in [-0.1, -0.05) is 34.6 Å². The van der Waals surface area contributed by atoms with Crippen LogP contribution in [0.15, 0.2) is 23.1 Å². The summed E-state index contributed by atoms with van der Waals surface area (Å²) >= 11 is 0. The van der Waals surface area contributed by atoms with Crippen molar-refractivity contribution in [2.75, 3.05) is 38.1 Å². The van der Waals surface area contributed by atoms with Gasteiger partial charge < -0.3 is 9.80 Å². The topological polar surface area (TPSA) is 60.9 Å². The van der Waals surface area contributed by atoms with Crippen LogP contribution in [-0.4, -0.2) is 62.8 Å². The Morgan fingerprint density at radius 1 is 1.13 bits per heavy atom. The summed E-state index contributed by atoms with van der Waals surface area (Å²) in [4.78, 5) is 17.8. The van der Waals surface area contributed by atoms with Crippen molar-refractivity contribution in [2.24, 2.45) is 11.8 Å². The molecule has 1 fully saturated rings. The molecule has 0 radical (unpaired) electrons. The Balaban J connectivity index is 2.51. The van der Waals surface area contributed by atoms with E-state index >= 15 is 0 Å². The molecule has 0 N–H and O–H groups in total. The molecule has 0 aromatic heterocycles. The number of anilines is 1. The van der Waals surface area contributed by atoms with E-state index in [4.69, 9.17) is 0 Å². The zero-order chi connectivity index (χ0) is 23.3. The Hall–Kier alpha value is -1.60. The third-order valence-corrected chi connectivity index (χ3v) is 8.51. The molecule has 1 aromatic rings. The van der Waals surface area contributed by atoms with E-state index in [0.717, 1.165) is 38.0 Å². The van der Waals surface area contributed by atoms with Gasteiger partial charge in [0.15, 0.2) is 0 Å². The summed E-state index contributed by atoms with van der Waals surface area (Å²) in [6, 6.07) is 5.17. The Bertz CT molecular complexity index is 842. The lowest BCUT2D eigenvalue weighted by Gasteiger charge is -2.35. The summed E-state index contributed by atoms with van der Waals surface area (Å²) in [5, 5.41) is 0. The van der Waals surface area contributed by atoms with Gasteiger partial charge in [-0.3, -0.25) is 4.79 Å². The van der Waals surface area contributed by atoms with Crippen molar-refractivity contribution in [1.29, 1.82) is 0 Å². The Morgan fingerprint density at radius 2 is 1.71 bits per heavy atom. The SMILES string of the molecule is CCN(CC)S(=O)(=O)c1ccc(N2CCC(C)CC2)c(C(=O)N(C)C(C)CC(C)C)c1. The van der Waals surface area contributed by atoms with E-state index in [2.05, 4.69) is 32.6 Å². The molecule has 1 amide bonds. The molecule has 176 valence electrons. The Morgan fingerprint density at radius 3 is 2.23 bits per heavy atom. The average Bonchev–Trinajstić information content (AvgIpc) is 2.73. The minimum Gasteiger partial charge on any atom is -0.371 e. The summed E-state index contributed by atoms with van der Waals surface area (Å²) in [5.74, 6) is 1.03. The molecule has 2 rings (SSSR count). The number of carbonyl (C=O) groups is 1. The molecule has 31 heavy (non-hydrogen) atoms. The maximum Gasteiger partial charge on any atom is 0.255 e. The molecule has 1 atom stereocenters. The predicted molar refractivity (Wildman–Crippen MR) is 128 cm³/mol. The zero-order valence-electron chi connectivity index (χ0n) is 20.4. The van der Waals surface area contributed by atoms with E-state index in [1.165, 1.54) is 4.31 Å². The summed E-state index contributed by atoms with van der Waals surface area (Å²) in [7, 11) is -1.81. The lowest BCUT2D eigenvalue weighted by Crippen LogP contribution is -2.39. The van der Waals surface area contributed by atoms with E-state index in [9.17, 15) is 13.2 Å². The van der Waals surface area contributed by atoms with Crippen LogP contribution in [0.3, 0.4) is 0 Å². The molecular formula is C24H41N3O3S. The number of hydrogen-bond donors (Lipinski definition) is 0. The summed E-state index contributed by atoms with van der Waals surface area (Å²) < 4.78 is 27.7. The zero-order valence-corrected chi connectivity index (χ0v) is 21.2. The van der Waals surface area contributed by atoms with Gasteiger partial charge in [0.2, 0.25) is 10.0 Å². The third kappa shape index (κ3) is 6.01. The largest absolute Gasteiger partial charge is 0.371 e. The minimum atomic E-state index is -3.63. The van der Waals surface area contributed by atoms with Gasteiger partial charge in [-0.25, -0.2) is 8.42 Å². The van der Waals surface area contributed by atoms with E-state index in [0.29, 0.717) is 30.5 Å². The second-order valence-corrected chi connectivity index (χ2v) is 11.3. The maximum absolute atomic E-state index is 13.6. The van der Waals surface area contributed by atoms with E-state index in [1.807, 2.05) is 27.0 Å². The highest BCUT2D eigenvalue weighted by Crippen LogP contribution is 2.31. The van der Waals surface area contributed by atoms with E-state index in [-0.39, 0.29) is 16.8 Å². The first-order valence-corrected chi connectivity index (χ1v) is 13.1. The Kier molecular flexibility index (Phi) is 8.95. The number of hydrogen-bond acceptors (Lipinski definition) is 4. The monoisotopic (exact) mass is 451 g/mol. The van der Waals surface area contributed by atoms with Gasteiger partial charge in [0.05, 0.1) is 10.5 Å². The lowest BCUT2D eigenvalue weighted by molar-refractivity contribution is 0.0728. The molecule has 0 bridgehead atoms. The lowest BCUT2D eigenvalue weighted by atomic mass is 9.97. The fourth-order valence-corrected chi connectivity index (χ4v) is 5.80. The van der Waals surface area contributed by atoms with Crippen molar-refractivity contribution >= 4 is 21.6 Å². The maximum atomic E-state index is 13.6. The van der Waals surface area contributed by atoms with E-state index in [1.54, 1.807) is 17.0 Å². The molecule has 1 heterocycles. The molecule has 1 aromatic carbocycles. The molecule has 1 aliphatic heterocycles. The molecule has 0 aliphatic carbocycles. The Labute approximate surface area is 189 Å². The minimum absolute atomic E-state index is 0.0739. The van der Waals surface area contributed by atoms with Crippen molar-refractivity contribution < 1.29 is 13.2 Å². The number of piperidine rings is 1. The molecule has 0 saturated carbocycles. The molecule has 6 nitrogen and oxygen atoms in total. The van der Waals surface area contributed by atoms with Gasteiger partial charge in [0.25, 0.3) is 5.91 Å². The fourth-order valence-electron chi connectivity index (χ4n) is 4.32. The van der Waals surface area contributed by atoms with Gasteiger partial charge in [-0.05, 0) is 56.2 Å². The quantitative estimate of drug-likeness (QED) is 0.556. The summed E-state index contributed by atoms with van der Waals surface area (Å²) in [5.41, 5.74) is 1.33. The highest BCUT2D eigenvalue weighted by molar-refractivity contribution is 7.89. The predicted octanol–water partition coefficient (Wildman–Crippen LogP) is 4.46. The molecule has 7 heteroatoms. The molecular weight excluding hydrogens is 410 g/mol. The van der Waals surface area contributed by atoms with Crippen molar-refractivity contribution in [2.45, 2.75) is 71.7 Å². The van der Waals surface area contributed by atoms with Crippen molar-refractivity contribution in [3.8, 4) is 0 Å². The van der Waals surface area contributed by atoms with Crippen LogP contribution in [0.2, 0.25) is 0 Å². The van der Waals surface area contributed by atoms with Crippen LogP contribution in [0.4, 0.5) is 5.69 Å². The van der Waals surface area contributed by atoms with Crippen LogP contribution >= 0.6 is 0 Å². The van der Waals surface area contributed by atoms with Crippen LogP contribution in [0.25, 0.3) is 0 Å². The van der Waals surface area contributed by atoms with Gasteiger partial charge in [0.1, 0.15) is 0 Å². The number of benzene rings is 1. The first kappa shape index (κ1) is 25.7. The highest BCUT2D eigenvalue weighted by atomic mass is 32.2. The second-order valence-electron chi connectivity index (χ2n) is 9.33. The van der Waals surface area contributed by atoms with Crippen LogP contribution in [-0.2, 0) is 10.0 Å². The van der Waals surface area contributed by atoms with Crippen molar-refractivity contribution in [3.05, 3.63) is 23.8 Å². The van der Waals surface area contributed by atoms with Crippen molar-refractivity contribution in [3.63, 3.8) is 0 Å². The standard InChI is InChI=1S/C24H41N3O3S/c1-8-27(9-2)31(29,30)21-10-11-23(26-14-12-19(5)13-15-26)22(17-21)24(28)25(7)20(6)16-18(3)4/h10-11,17-20H,8-9,12-16H2,1-7H3. The van der Waals surface area contributed by atoms with Crippen LogP contribution in [0.5, 0.6) is 0 Å². The van der Waals surface area contributed by atoms with Gasteiger partial charge >= 0.3 is 0 Å². The smallest absolute Gasteiger partial charge is 0.255 e. The molecule has 1 aliphatic rings. The summed E-state index contributed by atoms with van der Waals surface area (Å²) in [6.45, 7) is 14.8. The van der Waals surface area contributed by atoms with Crippen LogP contribution in [0, 0.1) is 11.8 Å². The fraction of sp³-hybridized carbons (Fsp3) is 0.708. The third-order valence-electron chi connectivity index (χ3n) is 6.46. The number of amides is 1. The first-order chi connectivity index (χ1) is 14.5. The molecule has 0 spiro atoms. The molecule has 1 unspecified atom stereocenters. The summed E-state index contributed by atoms with van der Waals surface area (Å²) in [6.07, 6.45) is 3.05. The van der Waals surface area contributed by atoms with Gasteiger partial charge in [-0.15, -0.1) is 0 Å². The molecule has 1 saturated heterocycles. The second kappa shape index (κ2) is 10.8. The van der Waals surface area contributed by atoms with Crippen molar-refractivity contribution in [1.82, 2.24) is 9.21 Å². The number of nitrogens with zero attached hydrogens (tertiary/aromatic N) is 3. The highest BCUT2D eigenvalue weighted by Gasteiger charge is 2.29. The van der Waals surface area contributed by atoms with Crippen LogP contribution < -0.4 is 4.90 Å². The van der Waals surface area contributed by atoms with Gasteiger partial charge in [0, 0.05) is 45.0 Å². The first-order valence-electron chi connectivity index (χ1n) is 11.7. The average molecular weight is 452 g/mol. The number of carbonyl (C=O) groups excluding carboxylic acids is 1.